The average molecular weight is 558 g/mol. The molecule has 208 valence electrons. The van der Waals surface area contributed by atoms with Crippen LogP contribution in [0.15, 0.2) is 47.4 Å². The van der Waals surface area contributed by atoms with Crippen molar-refractivity contribution in [1.29, 1.82) is 0 Å². The zero-order valence-electron chi connectivity index (χ0n) is 22.2. The first-order valence-electron chi connectivity index (χ1n) is 12.5. The van der Waals surface area contributed by atoms with Crippen LogP contribution in [-0.2, 0) is 14.8 Å². The first kappa shape index (κ1) is 28.2. The number of benzene rings is 2. The molecule has 0 bridgehead atoms. The van der Waals surface area contributed by atoms with Crippen LogP contribution in [0.1, 0.15) is 35.5 Å². The number of amides is 1. The van der Waals surface area contributed by atoms with Crippen LogP contribution >= 0.6 is 0 Å². The van der Waals surface area contributed by atoms with Crippen LogP contribution in [-0.4, -0.2) is 66.2 Å². The van der Waals surface area contributed by atoms with Crippen molar-refractivity contribution in [2.45, 2.75) is 32.6 Å². The van der Waals surface area contributed by atoms with E-state index in [9.17, 15) is 23.3 Å². The molecular formula is C26H31N5O7S. The maximum atomic E-state index is 13.6. The fraction of sp³-hybridized carbons (Fsp3) is 0.385. The number of ether oxygens (including phenoxy) is 2. The number of morpholine rings is 1. The third-order valence-corrected chi connectivity index (χ3v) is 8.09. The topological polar surface area (TPSA) is 146 Å². The van der Waals surface area contributed by atoms with E-state index in [0.717, 1.165) is 11.6 Å². The fourth-order valence-electron chi connectivity index (χ4n) is 3.98. The number of nitro benzene ring substituents is 1. The number of rotatable bonds is 9. The number of carbonyl (C=O) groups excluding carboxylic acids is 1. The molecule has 0 aliphatic carbocycles. The van der Waals surface area contributed by atoms with E-state index < -0.39 is 26.5 Å². The number of nitrogens with one attached hydrogen (secondary N) is 1. The number of aromatic nitrogens is 2. The Hall–Kier alpha value is -3.81. The van der Waals surface area contributed by atoms with Crippen molar-refractivity contribution < 1.29 is 27.6 Å². The van der Waals surface area contributed by atoms with E-state index >= 15 is 0 Å². The minimum atomic E-state index is -4.18. The minimum Gasteiger partial charge on any atom is -0.437 e. The largest absolute Gasteiger partial charge is 0.437 e. The van der Waals surface area contributed by atoms with Gasteiger partial charge in [-0.15, -0.1) is 0 Å². The predicted octanol–water partition coefficient (Wildman–Crippen LogP) is 3.60. The Morgan fingerprint density at radius 3 is 2.44 bits per heavy atom. The van der Waals surface area contributed by atoms with Crippen LogP contribution in [0.5, 0.6) is 11.6 Å². The molecule has 0 unspecified atom stereocenters. The number of non-ortho nitro benzene ring substituents is 1. The predicted molar refractivity (Wildman–Crippen MR) is 143 cm³/mol. The number of sulfonamides is 1. The third kappa shape index (κ3) is 6.10. The fourth-order valence-corrected chi connectivity index (χ4v) is 5.53. The molecule has 0 radical (unpaired) electrons. The van der Waals surface area contributed by atoms with Gasteiger partial charge in [0.2, 0.25) is 15.9 Å². The van der Waals surface area contributed by atoms with Crippen molar-refractivity contribution in [3.8, 4) is 17.3 Å². The minimum absolute atomic E-state index is 0.102. The lowest BCUT2D eigenvalue weighted by molar-refractivity contribution is -0.385. The number of hydrogen-bond donors (Lipinski definition) is 1. The molecule has 3 aromatic rings. The van der Waals surface area contributed by atoms with E-state index in [1.807, 2.05) is 32.9 Å². The first-order valence-corrected chi connectivity index (χ1v) is 13.9. The smallest absolute Gasteiger partial charge is 0.272 e. The lowest BCUT2D eigenvalue weighted by atomic mass is 10.2. The van der Waals surface area contributed by atoms with Crippen LogP contribution in [0.3, 0.4) is 0 Å². The Morgan fingerprint density at radius 2 is 1.82 bits per heavy atom. The summed E-state index contributed by atoms with van der Waals surface area (Å²) >= 11 is 0. The number of hydrogen-bond acceptors (Lipinski definition) is 8. The molecule has 1 saturated heterocycles. The third-order valence-electron chi connectivity index (χ3n) is 6.17. The van der Waals surface area contributed by atoms with Crippen LogP contribution < -0.4 is 10.1 Å². The summed E-state index contributed by atoms with van der Waals surface area (Å²) in [6, 6.07) is 10.7. The highest BCUT2D eigenvalue weighted by atomic mass is 32.2. The monoisotopic (exact) mass is 557 g/mol. The van der Waals surface area contributed by atoms with E-state index in [2.05, 4.69) is 10.4 Å². The maximum absolute atomic E-state index is 13.6. The summed E-state index contributed by atoms with van der Waals surface area (Å²) in [5, 5.41) is 18.9. The highest BCUT2D eigenvalue weighted by molar-refractivity contribution is 7.89. The summed E-state index contributed by atoms with van der Waals surface area (Å²) in [6.45, 7) is 8.58. The molecule has 0 saturated carbocycles. The van der Waals surface area contributed by atoms with Crippen LogP contribution in [0.4, 0.5) is 5.69 Å². The highest BCUT2D eigenvalue weighted by Crippen LogP contribution is 2.37. The summed E-state index contributed by atoms with van der Waals surface area (Å²) in [7, 11) is -4.18. The van der Waals surface area contributed by atoms with Gasteiger partial charge in [0.1, 0.15) is 10.6 Å². The first-order chi connectivity index (χ1) is 18.5. The van der Waals surface area contributed by atoms with Gasteiger partial charge in [0, 0.05) is 37.3 Å². The van der Waals surface area contributed by atoms with E-state index in [-0.39, 0.29) is 54.4 Å². The van der Waals surface area contributed by atoms with Gasteiger partial charge >= 0.3 is 0 Å². The second kappa shape index (κ2) is 11.5. The number of aryl methyl sites for hydroxylation is 1. The number of carbonyl (C=O) groups is 1. The van der Waals surface area contributed by atoms with Gasteiger partial charge < -0.3 is 14.8 Å². The van der Waals surface area contributed by atoms with Gasteiger partial charge in [-0.2, -0.15) is 14.1 Å². The van der Waals surface area contributed by atoms with Gasteiger partial charge in [0.15, 0.2) is 5.69 Å². The summed E-state index contributed by atoms with van der Waals surface area (Å²) in [6.07, 6.45) is 0. The zero-order valence-corrected chi connectivity index (χ0v) is 23.0. The second-order valence-electron chi connectivity index (χ2n) is 9.64. The molecule has 1 amide bonds. The van der Waals surface area contributed by atoms with Gasteiger partial charge in [-0.1, -0.05) is 31.5 Å². The molecule has 2 aromatic carbocycles. The normalized spacial score (nSPS) is 14.4. The van der Waals surface area contributed by atoms with Gasteiger partial charge in [0.05, 0.1) is 23.8 Å². The van der Waals surface area contributed by atoms with Crippen LogP contribution in [0.2, 0.25) is 0 Å². The molecule has 39 heavy (non-hydrogen) atoms. The van der Waals surface area contributed by atoms with Crippen molar-refractivity contribution in [1.82, 2.24) is 19.4 Å². The molecule has 1 aliphatic heterocycles. The Bertz CT molecular complexity index is 1480. The average Bonchev–Trinajstić information content (AvgIpc) is 3.24. The molecular weight excluding hydrogens is 526 g/mol. The van der Waals surface area contributed by atoms with Gasteiger partial charge in [-0.05, 0) is 38.0 Å². The van der Waals surface area contributed by atoms with Crippen molar-refractivity contribution in [2.75, 3.05) is 32.8 Å². The van der Waals surface area contributed by atoms with E-state index in [1.54, 1.807) is 19.1 Å². The number of nitro groups is 1. The Morgan fingerprint density at radius 1 is 1.15 bits per heavy atom. The molecule has 1 N–H and O–H groups in total. The molecule has 1 fully saturated rings. The zero-order chi connectivity index (χ0) is 28.3. The van der Waals surface area contributed by atoms with E-state index in [4.69, 9.17) is 9.47 Å². The van der Waals surface area contributed by atoms with E-state index in [0.29, 0.717) is 17.8 Å². The SMILES string of the molecule is Cc1ccc(-n2nc(C(=O)NCC(C)C)c(C)c2Oc2ccc([N+](=O)[O-])cc2S(=O)(=O)N2CCOCC2)cc1. The Balaban J connectivity index is 1.84. The molecule has 12 nitrogen and oxygen atoms in total. The molecule has 0 atom stereocenters. The summed E-state index contributed by atoms with van der Waals surface area (Å²) in [4.78, 5) is 23.5. The molecule has 13 heteroatoms. The molecule has 1 aliphatic rings. The summed E-state index contributed by atoms with van der Waals surface area (Å²) < 4.78 is 41.3. The van der Waals surface area contributed by atoms with Gasteiger partial charge in [-0.25, -0.2) is 8.42 Å². The highest BCUT2D eigenvalue weighted by Gasteiger charge is 2.32. The van der Waals surface area contributed by atoms with Gasteiger partial charge in [0.25, 0.3) is 11.6 Å². The Kier molecular flexibility index (Phi) is 8.33. The lowest BCUT2D eigenvalue weighted by Gasteiger charge is -2.26. The Labute approximate surface area is 226 Å². The molecule has 4 rings (SSSR count). The van der Waals surface area contributed by atoms with Gasteiger partial charge in [-0.3, -0.25) is 14.9 Å². The molecule has 0 spiro atoms. The summed E-state index contributed by atoms with van der Waals surface area (Å²) in [5.41, 5.74) is 1.69. The van der Waals surface area contributed by atoms with Crippen LogP contribution in [0, 0.1) is 29.9 Å². The standard InChI is InChI=1S/C26H31N5O7S/c1-17(2)16-27-25(32)24-19(4)26(30(28-24)20-7-5-18(3)6-8-20)38-22-10-9-21(31(33)34)15-23(22)39(35,36)29-11-13-37-14-12-29/h5-10,15,17H,11-14,16H2,1-4H3,(H,27,32). The van der Waals surface area contributed by atoms with Crippen molar-refractivity contribution in [3.05, 3.63) is 69.4 Å². The summed E-state index contributed by atoms with van der Waals surface area (Å²) in [5.74, 6) is -0.197. The van der Waals surface area contributed by atoms with E-state index in [1.165, 1.54) is 21.1 Å². The van der Waals surface area contributed by atoms with Crippen LogP contribution in [0.25, 0.3) is 5.69 Å². The quantitative estimate of drug-likeness (QED) is 0.310. The van der Waals surface area contributed by atoms with Crippen molar-refractivity contribution in [3.63, 3.8) is 0 Å². The van der Waals surface area contributed by atoms with Crippen molar-refractivity contribution in [2.24, 2.45) is 5.92 Å². The lowest BCUT2D eigenvalue weighted by Crippen LogP contribution is -2.40. The number of nitrogens with zero attached hydrogens (tertiary/aromatic N) is 4. The molecule has 2 heterocycles. The van der Waals surface area contributed by atoms with Crippen molar-refractivity contribution >= 4 is 21.6 Å². The molecule has 1 aromatic heterocycles. The maximum Gasteiger partial charge on any atom is 0.272 e. The second-order valence-corrected chi connectivity index (χ2v) is 11.5.